The summed E-state index contributed by atoms with van der Waals surface area (Å²) in [7, 11) is 0. The Morgan fingerprint density at radius 1 is 1.44 bits per heavy atom. The molecule has 1 aliphatic carbocycles. The average molecular weight is 258 g/mol. The van der Waals surface area contributed by atoms with Crippen LogP contribution < -0.4 is 5.32 Å². The van der Waals surface area contributed by atoms with E-state index in [1.165, 1.54) is 22.4 Å². The van der Waals surface area contributed by atoms with Crippen molar-refractivity contribution in [3.63, 3.8) is 0 Å². The van der Waals surface area contributed by atoms with E-state index < -0.39 is 0 Å². The SMILES string of the molecule is Cc1ncsc1C(C)NCC1Cc2ccccc21. The predicted molar refractivity (Wildman–Crippen MR) is 76.2 cm³/mol. The first kappa shape index (κ1) is 11.9. The lowest BCUT2D eigenvalue weighted by atomic mass is 9.77. The number of rotatable bonds is 4. The first-order valence-electron chi connectivity index (χ1n) is 6.47. The van der Waals surface area contributed by atoms with E-state index in [9.17, 15) is 0 Å². The summed E-state index contributed by atoms with van der Waals surface area (Å²) in [5, 5.41) is 3.64. The van der Waals surface area contributed by atoms with Crippen molar-refractivity contribution in [3.8, 4) is 0 Å². The number of nitrogens with zero attached hydrogens (tertiary/aromatic N) is 1. The zero-order valence-electron chi connectivity index (χ0n) is 10.8. The van der Waals surface area contributed by atoms with E-state index in [4.69, 9.17) is 0 Å². The number of benzene rings is 1. The van der Waals surface area contributed by atoms with Gasteiger partial charge in [0.25, 0.3) is 0 Å². The first-order chi connectivity index (χ1) is 8.75. The summed E-state index contributed by atoms with van der Waals surface area (Å²) in [5.74, 6) is 0.692. The first-order valence-corrected chi connectivity index (χ1v) is 7.35. The minimum atomic E-state index is 0.408. The van der Waals surface area contributed by atoms with Crippen molar-refractivity contribution in [2.24, 2.45) is 0 Å². The Balaban J connectivity index is 1.59. The number of aryl methyl sites for hydroxylation is 1. The Hall–Kier alpha value is -1.19. The van der Waals surface area contributed by atoms with E-state index in [-0.39, 0.29) is 0 Å². The van der Waals surface area contributed by atoms with Crippen molar-refractivity contribution in [1.82, 2.24) is 10.3 Å². The van der Waals surface area contributed by atoms with Gasteiger partial charge in [-0.25, -0.2) is 4.98 Å². The third-order valence-electron chi connectivity index (χ3n) is 3.81. The smallest absolute Gasteiger partial charge is 0.0798 e. The summed E-state index contributed by atoms with van der Waals surface area (Å²) >= 11 is 1.75. The maximum absolute atomic E-state index is 4.31. The molecule has 94 valence electrons. The molecule has 0 bridgehead atoms. The van der Waals surface area contributed by atoms with E-state index >= 15 is 0 Å². The minimum Gasteiger partial charge on any atom is -0.309 e. The summed E-state index contributed by atoms with van der Waals surface area (Å²) in [5.41, 5.74) is 6.14. The number of fused-ring (bicyclic) bond motifs is 1. The molecule has 0 fully saturated rings. The van der Waals surface area contributed by atoms with Crippen LogP contribution in [-0.4, -0.2) is 11.5 Å². The van der Waals surface area contributed by atoms with Crippen LogP contribution in [0.3, 0.4) is 0 Å². The maximum Gasteiger partial charge on any atom is 0.0798 e. The second-order valence-corrected chi connectivity index (χ2v) is 5.92. The van der Waals surface area contributed by atoms with Crippen LogP contribution in [0.15, 0.2) is 29.8 Å². The Morgan fingerprint density at radius 3 is 3.00 bits per heavy atom. The van der Waals surface area contributed by atoms with Gasteiger partial charge in [0.1, 0.15) is 0 Å². The molecule has 0 saturated carbocycles. The van der Waals surface area contributed by atoms with Crippen LogP contribution in [0.2, 0.25) is 0 Å². The van der Waals surface area contributed by atoms with Gasteiger partial charge in [0.15, 0.2) is 0 Å². The summed E-state index contributed by atoms with van der Waals surface area (Å²) in [6.45, 7) is 5.38. The molecule has 2 atom stereocenters. The molecular formula is C15H18N2S. The molecule has 1 aliphatic rings. The number of hydrogen-bond acceptors (Lipinski definition) is 3. The predicted octanol–water partition coefficient (Wildman–Crippen LogP) is 3.44. The normalized spacial score (nSPS) is 19.1. The Labute approximate surface area is 112 Å². The molecule has 0 spiro atoms. The van der Waals surface area contributed by atoms with Gasteiger partial charge < -0.3 is 5.32 Å². The number of nitrogens with one attached hydrogen (secondary N) is 1. The molecule has 2 nitrogen and oxygen atoms in total. The second kappa shape index (κ2) is 4.82. The fourth-order valence-electron chi connectivity index (χ4n) is 2.68. The second-order valence-electron chi connectivity index (χ2n) is 5.03. The van der Waals surface area contributed by atoms with E-state index in [2.05, 4.69) is 48.4 Å². The van der Waals surface area contributed by atoms with Gasteiger partial charge in [0.05, 0.1) is 11.2 Å². The van der Waals surface area contributed by atoms with E-state index in [0.717, 1.165) is 12.2 Å². The molecule has 1 heterocycles. The molecule has 0 saturated heterocycles. The highest BCUT2D eigenvalue weighted by Gasteiger charge is 2.25. The van der Waals surface area contributed by atoms with Crippen molar-refractivity contribution in [3.05, 3.63) is 51.5 Å². The molecular weight excluding hydrogens is 240 g/mol. The van der Waals surface area contributed by atoms with Crippen molar-refractivity contribution >= 4 is 11.3 Å². The van der Waals surface area contributed by atoms with Crippen molar-refractivity contribution < 1.29 is 0 Å². The van der Waals surface area contributed by atoms with Gasteiger partial charge in [0.2, 0.25) is 0 Å². The Kier molecular flexibility index (Phi) is 3.18. The summed E-state index contributed by atoms with van der Waals surface area (Å²) in [6, 6.07) is 9.18. The van der Waals surface area contributed by atoms with Crippen molar-refractivity contribution in [1.29, 1.82) is 0 Å². The van der Waals surface area contributed by atoms with E-state index in [1.54, 1.807) is 11.3 Å². The van der Waals surface area contributed by atoms with E-state index in [1.807, 2.05) is 5.51 Å². The van der Waals surface area contributed by atoms with Crippen molar-refractivity contribution in [2.75, 3.05) is 6.54 Å². The Morgan fingerprint density at radius 2 is 2.28 bits per heavy atom. The van der Waals surface area contributed by atoms with Gasteiger partial charge in [-0.1, -0.05) is 24.3 Å². The third kappa shape index (κ3) is 2.08. The lowest BCUT2D eigenvalue weighted by Crippen LogP contribution is -2.30. The highest BCUT2D eigenvalue weighted by molar-refractivity contribution is 7.09. The number of hydrogen-bond donors (Lipinski definition) is 1. The van der Waals surface area contributed by atoms with Crippen LogP contribution in [0.5, 0.6) is 0 Å². The van der Waals surface area contributed by atoms with Crippen LogP contribution in [0.4, 0.5) is 0 Å². The lowest BCUT2D eigenvalue weighted by Gasteiger charge is -2.31. The summed E-state index contributed by atoms with van der Waals surface area (Å²) in [6.07, 6.45) is 1.22. The highest BCUT2D eigenvalue weighted by Crippen LogP contribution is 2.34. The van der Waals surface area contributed by atoms with Crippen LogP contribution in [-0.2, 0) is 6.42 Å². The van der Waals surface area contributed by atoms with Gasteiger partial charge in [-0.15, -0.1) is 11.3 Å². The minimum absolute atomic E-state index is 0.408. The zero-order chi connectivity index (χ0) is 12.5. The molecule has 1 aromatic carbocycles. The molecule has 3 heteroatoms. The number of aromatic nitrogens is 1. The quantitative estimate of drug-likeness (QED) is 0.908. The van der Waals surface area contributed by atoms with Crippen molar-refractivity contribution in [2.45, 2.75) is 32.2 Å². The molecule has 2 aromatic rings. The molecule has 18 heavy (non-hydrogen) atoms. The lowest BCUT2D eigenvalue weighted by molar-refractivity contribution is 0.491. The molecule has 0 radical (unpaired) electrons. The molecule has 0 aliphatic heterocycles. The average Bonchev–Trinajstić information content (AvgIpc) is 2.76. The van der Waals surface area contributed by atoms with Crippen LogP contribution in [0.25, 0.3) is 0 Å². The molecule has 0 amide bonds. The fourth-order valence-corrected chi connectivity index (χ4v) is 3.52. The molecule has 3 rings (SSSR count). The highest BCUT2D eigenvalue weighted by atomic mass is 32.1. The van der Waals surface area contributed by atoms with Gasteiger partial charge in [0, 0.05) is 23.4 Å². The molecule has 1 N–H and O–H groups in total. The Bertz CT molecular complexity index is 547. The zero-order valence-corrected chi connectivity index (χ0v) is 11.6. The summed E-state index contributed by atoms with van der Waals surface area (Å²) in [4.78, 5) is 5.68. The topological polar surface area (TPSA) is 24.9 Å². The van der Waals surface area contributed by atoms with Gasteiger partial charge in [-0.05, 0) is 31.4 Å². The van der Waals surface area contributed by atoms with Gasteiger partial charge in [-0.3, -0.25) is 0 Å². The fraction of sp³-hybridized carbons (Fsp3) is 0.400. The van der Waals surface area contributed by atoms with E-state index in [0.29, 0.717) is 12.0 Å². The standard InChI is InChI=1S/C15H18N2S/c1-10(15-11(2)17-9-18-15)16-8-13-7-12-5-3-4-6-14(12)13/h3-6,9-10,13,16H,7-8H2,1-2H3. The number of thiazole rings is 1. The monoisotopic (exact) mass is 258 g/mol. The third-order valence-corrected chi connectivity index (χ3v) is 4.92. The molecule has 1 aromatic heterocycles. The molecule has 2 unspecified atom stereocenters. The van der Waals surface area contributed by atoms with Gasteiger partial charge >= 0.3 is 0 Å². The summed E-state index contributed by atoms with van der Waals surface area (Å²) < 4.78 is 0. The maximum atomic E-state index is 4.31. The largest absolute Gasteiger partial charge is 0.309 e. The van der Waals surface area contributed by atoms with Crippen LogP contribution >= 0.6 is 11.3 Å². The van der Waals surface area contributed by atoms with Crippen LogP contribution in [0, 0.1) is 6.92 Å². The van der Waals surface area contributed by atoms with Gasteiger partial charge in [-0.2, -0.15) is 0 Å². The van der Waals surface area contributed by atoms with Crippen LogP contribution in [0.1, 0.15) is 40.6 Å².